The fraction of sp³-hybridized carbons (Fsp3) is 0.375. The van der Waals surface area contributed by atoms with Crippen LogP contribution in [-0.2, 0) is 12.1 Å². The second kappa shape index (κ2) is 5.99. The summed E-state index contributed by atoms with van der Waals surface area (Å²) in [7, 11) is 0. The molecule has 2 N–H and O–H groups in total. The Balaban J connectivity index is 0.00000169. The smallest absolute Gasteiger partial charge is 0.282 e. The van der Waals surface area contributed by atoms with Crippen LogP contribution < -0.4 is 11.2 Å². The molecule has 0 bridgehead atoms. The first-order valence-corrected chi connectivity index (χ1v) is 7.76. The van der Waals surface area contributed by atoms with Crippen molar-refractivity contribution in [3.8, 4) is 11.6 Å². The molecule has 1 aliphatic rings. The Labute approximate surface area is 144 Å². The summed E-state index contributed by atoms with van der Waals surface area (Å²) in [6.45, 7) is 2.60. The first kappa shape index (κ1) is 16.6. The van der Waals surface area contributed by atoms with Gasteiger partial charge < -0.3 is 10.3 Å². The first-order valence-electron chi connectivity index (χ1n) is 7.76. The van der Waals surface area contributed by atoms with Crippen molar-refractivity contribution in [3.63, 3.8) is 0 Å². The van der Waals surface area contributed by atoms with Crippen molar-refractivity contribution in [2.24, 2.45) is 5.73 Å². The molecule has 2 heterocycles. The lowest BCUT2D eigenvalue weighted by molar-refractivity contribution is 0.229. The van der Waals surface area contributed by atoms with Gasteiger partial charge in [-0.15, -0.1) is 12.4 Å². The normalized spacial score (nSPS) is 15.8. The molecular formula is C16H18ClN5O2. The van der Waals surface area contributed by atoms with Crippen LogP contribution in [0.15, 0.2) is 33.6 Å². The van der Waals surface area contributed by atoms with Gasteiger partial charge in [0, 0.05) is 11.9 Å². The molecule has 3 aromatic rings. The summed E-state index contributed by atoms with van der Waals surface area (Å²) in [5.74, 6) is 0.589. The fourth-order valence-corrected chi connectivity index (χ4v) is 2.92. The van der Waals surface area contributed by atoms with Crippen LogP contribution in [0.25, 0.3) is 22.5 Å². The minimum absolute atomic E-state index is 0. The monoisotopic (exact) mass is 347 g/mol. The van der Waals surface area contributed by atoms with Gasteiger partial charge >= 0.3 is 0 Å². The largest absolute Gasteiger partial charge is 0.332 e. The minimum atomic E-state index is -0.525. The fourth-order valence-electron chi connectivity index (χ4n) is 2.92. The molecule has 24 heavy (non-hydrogen) atoms. The van der Waals surface area contributed by atoms with E-state index in [-0.39, 0.29) is 29.4 Å². The molecule has 0 atom stereocenters. The quantitative estimate of drug-likeness (QED) is 0.779. The first-order chi connectivity index (χ1) is 11.1. The molecule has 0 saturated heterocycles. The molecule has 0 unspecified atom stereocenters. The van der Waals surface area contributed by atoms with E-state index in [0.29, 0.717) is 17.8 Å². The Bertz CT molecular complexity index is 945. The highest BCUT2D eigenvalue weighted by Crippen LogP contribution is 2.37. The predicted molar refractivity (Wildman–Crippen MR) is 91.9 cm³/mol. The van der Waals surface area contributed by atoms with Crippen LogP contribution in [0.2, 0.25) is 0 Å². The van der Waals surface area contributed by atoms with Crippen molar-refractivity contribution in [1.29, 1.82) is 0 Å². The van der Waals surface area contributed by atoms with Crippen LogP contribution in [0.3, 0.4) is 0 Å². The Kier molecular flexibility index (Phi) is 4.15. The van der Waals surface area contributed by atoms with E-state index in [4.69, 9.17) is 10.3 Å². The molecule has 8 heteroatoms. The van der Waals surface area contributed by atoms with Crippen LogP contribution in [-0.4, -0.2) is 19.9 Å². The van der Waals surface area contributed by atoms with E-state index >= 15 is 0 Å². The van der Waals surface area contributed by atoms with Gasteiger partial charge in [0.25, 0.3) is 5.89 Å². The zero-order valence-corrected chi connectivity index (χ0v) is 14.0. The van der Waals surface area contributed by atoms with Gasteiger partial charge in [-0.2, -0.15) is 10.1 Å². The van der Waals surface area contributed by atoms with Crippen molar-refractivity contribution >= 4 is 23.3 Å². The number of nitrogens with two attached hydrogens (primary N) is 1. The lowest BCUT2D eigenvalue weighted by Gasteiger charge is -2.34. The standard InChI is InChI=1S/C16H17N5O2.ClH/c1-2-21-11-7-4-3-6-10(11)13(22)12(19-21)14-18-15(20-23-14)16(17)8-5-9-16;/h3-4,6-7H,2,5,8-9,17H2,1H3;1H. The molecule has 1 aromatic carbocycles. The number of aryl methyl sites for hydroxylation is 1. The topological polar surface area (TPSA) is 99.8 Å². The summed E-state index contributed by atoms with van der Waals surface area (Å²) in [6.07, 6.45) is 2.71. The van der Waals surface area contributed by atoms with E-state index in [1.165, 1.54) is 0 Å². The number of para-hydroxylation sites is 1. The van der Waals surface area contributed by atoms with Crippen LogP contribution in [0.1, 0.15) is 32.0 Å². The van der Waals surface area contributed by atoms with E-state index in [9.17, 15) is 4.79 Å². The number of hydrogen-bond donors (Lipinski definition) is 1. The number of fused-ring (bicyclic) bond motifs is 1. The van der Waals surface area contributed by atoms with Gasteiger partial charge in [0.15, 0.2) is 11.5 Å². The van der Waals surface area contributed by atoms with Crippen molar-refractivity contribution in [2.45, 2.75) is 38.3 Å². The van der Waals surface area contributed by atoms with Gasteiger partial charge in [-0.25, -0.2) is 0 Å². The highest BCUT2D eigenvalue weighted by molar-refractivity contribution is 5.85. The summed E-state index contributed by atoms with van der Waals surface area (Å²) >= 11 is 0. The van der Waals surface area contributed by atoms with Crippen LogP contribution in [0.5, 0.6) is 0 Å². The van der Waals surface area contributed by atoms with Crippen LogP contribution in [0, 0.1) is 0 Å². The second-order valence-electron chi connectivity index (χ2n) is 5.94. The van der Waals surface area contributed by atoms with Crippen LogP contribution in [0.4, 0.5) is 0 Å². The molecule has 2 aromatic heterocycles. The third kappa shape index (κ3) is 2.40. The van der Waals surface area contributed by atoms with Gasteiger partial charge in [0.2, 0.25) is 5.43 Å². The minimum Gasteiger partial charge on any atom is -0.332 e. The van der Waals surface area contributed by atoms with Crippen molar-refractivity contribution in [2.75, 3.05) is 0 Å². The molecule has 0 spiro atoms. The number of aromatic nitrogens is 4. The molecule has 0 aliphatic heterocycles. The molecular weight excluding hydrogens is 330 g/mol. The molecule has 4 rings (SSSR count). The van der Waals surface area contributed by atoms with Crippen molar-refractivity contribution in [3.05, 3.63) is 40.3 Å². The van der Waals surface area contributed by atoms with E-state index in [1.54, 1.807) is 10.7 Å². The van der Waals surface area contributed by atoms with Gasteiger partial charge in [-0.05, 0) is 38.3 Å². The zero-order valence-electron chi connectivity index (χ0n) is 13.2. The van der Waals surface area contributed by atoms with Gasteiger partial charge in [-0.3, -0.25) is 9.48 Å². The summed E-state index contributed by atoms with van der Waals surface area (Å²) in [5, 5.41) is 8.95. The SMILES string of the molecule is CCn1nc(-c2nc(C3(N)CCC3)no2)c(=O)c2ccccc21.Cl. The van der Waals surface area contributed by atoms with E-state index < -0.39 is 5.54 Å². The Morgan fingerprint density at radius 2 is 2.08 bits per heavy atom. The molecule has 1 saturated carbocycles. The molecule has 7 nitrogen and oxygen atoms in total. The van der Waals surface area contributed by atoms with Gasteiger partial charge in [-0.1, -0.05) is 17.3 Å². The summed E-state index contributed by atoms with van der Waals surface area (Å²) in [5.41, 5.74) is 6.44. The Morgan fingerprint density at radius 3 is 2.75 bits per heavy atom. The summed E-state index contributed by atoms with van der Waals surface area (Å²) < 4.78 is 7.05. The highest BCUT2D eigenvalue weighted by Gasteiger charge is 2.39. The van der Waals surface area contributed by atoms with Gasteiger partial charge in [0.1, 0.15) is 0 Å². The second-order valence-corrected chi connectivity index (χ2v) is 5.94. The third-order valence-corrected chi connectivity index (χ3v) is 4.48. The highest BCUT2D eigenvalue weighted by atomic mass is 35.5. The molecule has 0 amide bonds. The van der Waals surface area contributed by atoms with E-state index in [2.05, 4.69) is 15.2 Å². The number of nitrogens with zero attached hydrogens (tertiary/aromatic N) is 4. The average Bonchev–Trinajstić information content (AvgIpc) is 3.03. The van der Waals surface area contributed by atoms with E-state index in [1.807, 2.05) is 25.1 Å². The summed E-state index contributed by atoms with van der Waals surface area (Å²) in [6, 6.07) is 7.37. The average molecular weight is 348 g/mol. The zero-order chi connectivity index (χ0) is 16.0. The molecule has 0 radical (unpaired) electrons. The Morgan fingerprint density at radius 1 is 1.33 bits per heavy atom. The number of halogens is 1. The maximum Gasteiger partial charge on any atom is 0.282 e. The lowest BCUT2D eigenvalue weighted by atomic mass is 9.77. The van der Waals surface area contributed by atoms with Crippen molar-refractivity contribution in [1.82, 2.24) is 19.9 Å². The molecule has 1 fully saturated rings. The predicted octanol–water partition coefficient (Wildman–Crippen LogP) is 2.23. The van der Waals surface area contributed by atoms with Gasteiger partial charge in [0.05, 0.1) is 11.1 Å². The maximum absolute atomic E-state index is 12.7. The molecule has 126 valence electrons. The molecule has 1 aliphatic carbocycles. The number of hydrogen-bond acceptors (Lipinski definition) is 6. The number of rotatable bonds is 3. The van der Waals surface area contributed by atoms with Crippen molar-refractivity contribution < 1.29 is 4.52 Å². The van der Waals surface area contributed by atoms with Crippen LogP contribution >= 0.6 is 12.4 Å². The summed E-state index contributed by atoms with van der Waals surface area (Å²) in [4.78, 5) is 17.0. The Hall–Kier alpha value is -2.25. The maximum atomic E-state index is 12.7. The van der Waals surface area contributed by atoms with E-state index in [0.717, 1.165) is 24.8 Å². The number of benzene rings is 1. The lowest BCUT2D eigenvalue weighted by Crippen LogP contribution is -2.44. The third-order valence-electron chi connectivity index (χ3n) is 4.48.